The second-order valence-corrected chi connectivity index (χ2v) is 5.43. The largest absolute Gasteiger partial charge is 0.481 e. The van der Waals surface area contributed by atoms with Gasteiger partial charge in [0.1, 0.15) is 0 Å². The molecule has 7 nitrogen and oxygen atoms in total. The van der Waals surface area contributed by atoms with E-state index in [-0.39, 0.29) is 30.2 Å². The first kappa shape index (κ1) is 17.3. The molecule has 3 amide bonds. The Morgan fingerprint density at radius 2 is 1.90 bits per heavy atom. The molecule has 7 heteroatoms. The lowest BCUT2D eigenvalue weighted by molar-refractivity contribution is -0.138. The van der Waals surface area contributed by atoms with Crippen LogP contribution in [0.4, 0.5) is 4.79 Å². The smallest absolute Gasteiger partial charge is 0.317 e. The lowest BCUT2D eigenvalue weighted by Crippen LogP contribution is -2.47. The summed E-state index contributed by atoms with van der Waals surface area (Å²) < 4.78 is 0. The molecule has 0 spiro atoms. The van der Waals surface area contributed by atoms with Gasteiger partial charge in [0.15, 0.2) is 0 Å². The SMILES string of the molecule is CCC(CNC(=O)N1CCC(C(=O)NC)CC1)CC(=O)O. The second-order valence-electron chi connectivity index (χ2n) is 5.43. The Labute approximate surface area is 125 Å². The van der Waals surface area contributed by atoms with E-state index in [1.54, 1.807) is 11.9 Å². The number of carboxylic acid groups (broad SMARTS) is 1. The topological polar surface area (TPSA) is 98.7 Å². The third kappa shape index (κ3) is 5.61. The van der Waals surface area contributed by atoms with Crippen LogP contribution in [0.5, 0.6) is 0 Å². The second kappa shape index (κ2) is 8.49. The van der Waals surface area contributed by atoms with Crippen molar-refractivity contribution in [1.82, 2.24) is 15.5 Å². The van der Waals surface area contributed by atoms with E-state index in [4.69, 9.17) is 5.11 Å². The number of carbonyl (C=O) groups excluding carboxylic acids is 2. The van der Waals surface area contributed by atoms with E-state index in [9.17, 15) is 14.4 Å². The minimum atomic E-state index is -0.845. The average Bonchev–Trinajstić information content (AvgIpc) is 2.50. The number of aliphatic carboxylic acids is 1. The minimum absolute atomic E-state index is 0.0190. The van der Waals surface area contributed by atoms with Crippen LogP contribution >= 0.6 is 0 Å². The molecule has 0 radical (unpaired) electrons. The molecule has 1 heterocycles. The predicted molar refractivity (Wildman–Crippen MR) is 77.8 cm³/mol. The maximum Gasteiger partial charge on any atom is 0.317 e. The zero-order valence-corrected chi connectivity index (χ0v) is 12.7. The molecule has 1 aliphatic heterocycles. The molecule has 1 aliphatic rings. The highest BCUT2D eigenvalue weighted by Crippen LogP contribution is 2.17. The molecule has 1 fully saturated rings. The van der Waals surface area contributed by atoms with Gasteiger partial charge in [0, 0.05) is 39.0 Å². The van der Waals surface area contributed by atoms with Crippen LogP contribution in [0.2, 0.25) is 0 Å². The first-order chi connectivity index (χ1) is 9.97. The Hall–Kier alpha value is -1.79. The highest BCUT2D eigenvalue weighted by molar-refractivity contribution is 5.79. The van der Waals surface area contributed by atoms with E-state index >= 15 is 0 Å². The number of rotatable bonds is 6. The number of amides is 3. The fourth-order valence-corrected chi connectivity index (χ4v) is 2.50. The van der Waals surface area contributed by atoms with Crippen LogP contribution in [0.15, 0.2) is 0 Å². The number of hydrogen-bond acceptors (Lipinski definition) is 3. The standard InChI is InChI=1S/C14H25N3O4/c1-3-10(8-12(18)19)9-16-14(21)17-6-4-11(5-7-17)13(20)15-2/h10-11H,3-9H2,1-2H3,(H,15,20)(H,16,21)(H,18,19). The summed E-state index contributed by atoms with van der Waals surface area (Å²) in [4.78, 5) is 35.9. The number of nitrogens with one attached hydrogen (secondary N) is 2. The van der Waals surface area contributed by atoms with Crippen LogP contribution in [0.1, 0.15) is 32.6 Å². The number of likely N-dealkylation sites (tertiary alicyclic amines) is 1. The molecule has 1 saturated heterocycles. The molecule has 21 heavy (non-hydrogen) atoms. The summed E-state index contributed by atoms with van der Waals surface area (Å²) in [6.07, 6.45) is 2.11. The fourth-order valence-electron chi connectivity index (χ4n) is 2.50. The summed E-state index contributed by atoms with van der Waals surface area (Å²) in [6.45, 7) is 3.39. The van der Waals surface area contributed by atoms with Gasteiger partial charge in [-0.2, -0.15) is 0 Å². The van der Waals surface area contributed by atoms with E-state index in [1.807, 2.05) is 6.92 Å². The summed E-state index contributed by atoms with van der Waals surface area (Å²) in [5, 5.41) is 14.2. The Balaban J connectivity index is 2.33. The van der Waals surface area contributed by atoms with Crippen molar-refractivity contribution in [3.05, 3.63) is 0 Å². The molecule has 1 unspecified atom stereocenters. The van der Waals surface area contributed by atoms with E-state index in [1.165, 1.54) is 0 Å². The Kier molecular flexibility index (Phi) is 6.98. The van der Waals surface area contributed by atoms with Gasteiger partial charge in [-0.05, 0) is 18.8 Å². The van der Waals surface area contributed by atoms with Gasteiger partial charge >= 0.3 is 12.0 Å². The van der Waals surface area contributed by atoms with Crippen molar-refractivity contribution in [1.29, 1.82) is 0 Å². The number of urea groups is 1. The average molecular weight is 299 g/mol. The van der Waals surface area contributed by atoms with Crippen LogP contribution in [0, 0.1) is 11.8 Å². The van der Waals surface area contributed by atoms with Gasteiger partial charge in [-0.1, -0.05) is 13.3 Å². The summed E-state index contributed by atoms with van der Waals surface area (Å²) in [7, 11) is 1.62. The minimum Gasteiger partial charge on any atom is -0.481 e. The highest BCUT2D eigenvalue weighted by Gasteiger charge is 2.26. The van der Waals surface area contributed by atoms with Crippen molar-refractivity contribution in [2.24, 2.45) is 11.8 Å². The van der Waals surface area contributed by atoms with Gasteiger partial charge in [0.25, 0.3) is 0 Å². The molecule has 1 atom stereocenters. The van der Waals surface area contributed by atoms with Crippen molar-refractivity contribution in [2.45, 2.75) is 32.6 Å². The van der Waals surface area contributed by atoms with E-state index < -0.39 is 5.97 Å². The molecule has 120 valence electrons. The summed E-state index contributed by atoms with van der Waals surface area (Å²) >= 11 is 0. The van der Waals surface area contributed by atoms with Crippen LogP contribution in [0.3, 0.4) is 0 Å². The van der Waals surface area contributed by atoms with Crippen molar-refractivity contribution in [3.63, 3.8) is 0 Å². The molecular weight excluding hydrogens is 274 g/mol. The fraction of sp³-hybridized carbons (Fsp3) is 0.786. The highest BCUT2D eigenvalue weighted by atomic mass is 16.4. The number of carboxylic acids is 1. The molecule has 0 aromatic rings. The van der Waals surface area contributed by atoms with Gasteiger partial charge < -0.3 is 20.6 Å². The molecule has 0 bridgehead atoms. The lowest BCUT2D eigenvalue weighted by Gasteiger charge is -2.31. The first-order valence-corrected chi connectivity index (χ1v) is 7.44. The zero-order valence-electron chi connectivity index (χ0n) is 12.7. The molecule has 1 rings (SSSR count). The number of nitrogens with zero attached hydrogens (tertiary/aromatic N) is 1. The van der Waals surface area contributed by atoms with Crippen molar-refractivity contribution < 1.29 is 19.5 Å². The Morgan fingerprint density at radius 1 is 1.29 bits per heavy atom. The number of carbonyl (C=O) groups is 3. The molecule has 0 saturated carbocycles. The zero-order chi connectivity index (χ0) is 15.8. The molecule has 3 N–H and O–H groups in total. The van der Waals surface area contributed by atoms with Crippen LogP contribution in [0.25, 0.3) is 0 Å². The molecule has 0 aromatic carbocycles. The van der Waals surface area contributed by atoms with Crippen molar-refractivity contribution in [3.8, 4) is 0 Å². The van der Waals surface area contributed by atoms with Crippen LogP contribution in [-0.4, -0.2) is 54.6 Å². The first-order valence-electron chi connectivity index (χ1n) is 7.44. The van der Waals surface area contributed by atoms with Gasteiger partial charge in [-0.15, -0.1) is 0 Å². The third-order valence-electron chi connectivity index (χ3n) is 3.98. The van der Waals surface area contributed by atoms with Gasteiger partial charge in [0.05, 0.1) is 0 Å². The van der Waals surface area contributed by atoms with E-state index in [2.05, 4.69) is 10.6 Å². The van der Waals surface area contributed by atoms with Gasteiger partial charge in [-0.3, -0.25) is 9.59 Å². The molecule has 0 aromatic heterocycles. The normalized spacial score (nSPS) is 17.1. The lowest BCUT2D eigenvalue weighted by atomic mass is 9.96. The van der Waals surface area contributed by atoms with Crippen LogP contribution in [-0.2, 0) is 9.59 Å². The van der Waals surface area contributed by atoms with Gasteiger partial charge in [0.2, 0.25) is 5.91 Å². The summed E-state index contributed by atoms with van der Waals surface area (Å²) in [5.41, 5.74) is 0. The maximum absolute atomic E-state index is 12.0. The summed E-state index contributed by atoms with van der Waals surface area (Å²) in [6, 6.07) is -0.172. The number of hydrogen-bond donors (Lipinski definition) is 3. The monoisotopic (exact) mass is 299 g/mol. The van der Waals surface area contributed by atoms with Crippen molar-refractivity contribution >= 4 is 17.9 Å². The summed E-state index contributed by atoms with van der Waals surface area (Å²) in [5.74, 6) is -0.880. The third-order valence-corrected chi connectivity index (χ3v) is 3.98. The van der Waals surface area contributed by atoms with E-state index in [0.29, 0.717) is 38.9 Å². The Morgan fingerprint density at radius 3 is 2.38 bits per heavy atom. The molecular formula is C14H25N3O4. The predicted octanol–water partition coefficient (Wildman–Crippen LogP) is 0.655. The quantitative estimate of drug-likeness (QED) is 0.671. The Bertz CT molecular complexity index is 378. The number of piperidine rings is 1. The van der Waals surface area contributed by atoms with Gasteiger partial charge in [-0.25, -0.2) is 4.79 Å². The molecule has 0 aliphatic carbocycles. The maximum atomic E-state index is 12.0. The van der Waals surface area contributed by atoms with Crippen LogP contribution < -0.4 is 10.6 Å². The van der Waals surface area contributed by atoms with E-state index in [0.717, 1.165) is 0 Å². The van der Waals surface area contributed by atoms with Crippen molar-refractivity contribution in [2.75, 3.05) is 26.7 Å².